The Balaban J connectivity index is 2.72. The molecule has 1 N–H and O–H groups in total. The van der Waals surface area contributed by atoms with Crippen molar-refractivity contribution in [3.05, 3.63) is 0 Å². The average molecular weight is 209 g/mol. The van der Waals surface area contributed by atoms with Gasteiger partial charge >= 0.3 is 6.98 Å². The fourth-order valence-corrected chi connectivity index (χ4v) is 1.51. The Hall–Kier alpha value is -0.715. The lowest BCUT2D eigenvalue weighted by Crippen LogP contribution is -2.63. The van der Waals surface area contributed by atoms with Crippen molar-refractivity contribution in [2.24, 2.45) is 0 Å². The standard InChI is InChI=1S/C7H13BF3N2O/c1-7(2)6(14)12-3-4-13(7)5-8(9,10)11/h3-5H2,1-2H3,(H,12,14)/q-1. The Morgan fingerprint density at radius 3 is 2.57 bits per heavy atom. The van der Waals surface area contributed by atoms with E-state index in [1.165, 1.54) is 18.7 Å². The molecule has 0 saturated carbocycles. The summed E-state index contributed by atoms with van der Waals surface area (Å²) < 4.78 is 36.6. The first-order chi connectivity index (χ1) is 6.23. The SMILES string of the molecule is CC1(C)C(=O)NCCN1C[B-](F)(F)F. The number of nitrogens with zero attached hydrogens (tertiary/aromatic N) is 1. The molecule has 1 saturated heterocycles. The Kier molecular flexibility index (Phi) is 2.80. The van der Waals surface area contributed by atoms with Crippen LogP contribution in [0.5, 0.6) is 0 Å². The van der Waals surface area contributed by atoms with Crippen LogP contribution in [-0.2, 0) is 4.79 Å². The van der Waals surface area contributed by atoms with Gasteiger partial charge in [-0.2, -0.15) is 0 Å². The molecule has 0 aliphatic carbocycles. The molecule has 1 aliphatic heterocycles. The van der Waals surface area contributed by atoms with Gasteiger partial charge in [0.05, 0.1) is 5.54 Å². The number of hydrogen-bond donors (Lipinski definition) is 1. The van der Waals surface area contributed by atoms with E-state index in [0.717, 1.165) is 0 Å². The van der Waals surface area contributed by atoms with Crippen LogP contribution in [0.4, 0.5) is 12.9 Å². The van der Waals surface area contributed by atoms with Crippen molar-refractivity contribution in [3.63, 3.8) is 0 Å². The van der Waals surface area contributed by atoms with Gasteiger partial charge in [0.15, 0.2) is 0 Å². The summed E-state index contributed by atoms with van der Waals surface area (Å²) in [5, 5.41) is 2.55. The quantitative estimate of drug-likeness (QED) is 0.674. The zero-order valence-corrected chi connectivity index (χ0v) is 8.19. The Morgan fingerprint density at radius 2 is 2.07 bits per heavy atom. The fourth-order valence-electron chi connectivity index (χ4n) is 1.51. The van der Waals surface area contributed by atoms with Gasteiger partial charge in [0.1, 0.15) is 0 Å². The molecule has 0 aromatic heterocycles. The zero-order chi connectivity index (χ0) is 11.0. The van der Waals surface area contributed by atoms with Gasteiger partial charge in [-0.15, -0.1) is 0 Å². The van der Waals surface area contributed by atoms with Crippen molar-refractivity contribution >= 4 is 12.9 Å². The van der Waals surface area contributed by atoms with Gasteiger partial charge in [-0.3, -0.25) is 4.79 Å². The molecule has 3 nitrogen and oxygen atoms in total. The molecule has 0 radical (unpaired) electrons. The highest BCUT2D eigenvalue weighted by atomic mass is 19.4. The minimum absolute atomic E-state index is 0.250. The first kappa shape index (κ1) is 11.4. The van der Waals surface area contributed by atoms with Crippen molar-refractivity contribution in [3.8, 4) is 0 Å². The Bertz CT molecular complexity index is 242. The third kappa shape index (κ3) is 2.40. The summed E-state index contributed by atoms with van der Waals surface area (Å²) in [6.07, 6.45) is -0.972. The lowest BCUT2D eigenvalue weighted by molar-refractivity contribution is -0.134. The van der Waals surface area contributed by atoms with Crippen LogP contribution >= 0.6 is 0 Å². The van der Waals surface area contributed by atoms with E-state index in [9.17, 15) is 17.7 Å². The van der Waals surface area contributed by atoms with E-state index < -0.39 is 19.0 Å². The number of hydrogen-bond acceptors (Lipinski definition) is 2. The van der Waals surface area contributed by atoms with Crippen molar-refractivity contribution in [1.82, 2.24) is 10.2 Å². The molecule has 82 valence electrons. The monoisotopic (exact) mass is 209 g/mol. The van der Waals surface area contributed by atoms with Crippen LogP contribution in [-0.4, -0.2) is 42.9 Å². The first-order valence-electron chi connectivity index (χ1n) is 4.48. The number of rotatable bonds is 2. The normalized spacial score (nSPS) is 23.4. The summed E-state index contributed by atoms with van der Waals surface area (Å²) in [6.45, 7) is -1.33. The molecule has 1 aliphatic rings. The second kappa shape index (κ2) is 3.45. The van der Waals surface area contributed by atoms with Crippen molar-refractivity contribution in [2.75, 3.05) is 19.5 Å². The number of piperazine rings is 1. The van der Waals surface area contributed by atoms with E-state index in [4.69, 9.17) is 0 Å². The van der Waals surface area contributed by atoms with Crippen LogP contribution in [0.15, 0.2) is 0 Å². The second-order valence-corrected chi connectivity index (χ2v) is 3.97. The molecule has 1 amide bonds. The summed E-state index contributed by atoms with van der Waals surface area (Å²) in [5.41, 5.74) is -1.06. The summed E-state index contributed by atoms with van der Waals surface area (Å²) >= 11 is 0. The van der Waals surface area contributed by atoms with E-state index in [1.54, 1.807) is 0 Å². The summed E-state index contributed by atoms with van der Waals surface area (Å²) in [6, 6.07) is 0. The van der Waals surface area contributed by atoms with Gasteiger partial charge in [-0.1, -0.05) is 0 Å². The van der Waals surface area contributed by atoms with Crippen molar-refractivity contribution in [1.29, 1.82) is 0 Å². The summed E-state index contributed by atoms with van der Waals surface area (Å²) in [4.78, 5) is 12.5. The van der Waals surface area contributed by atoms with Gasteiger partial charge in [0.2, 0.25) is 5.91 Å². The molecule has 0 spiro atoms. The molecule has 7 heteroatoms. The number of nitrogens with one attached hydrogen (secondary N) is 1. The van der Waals surface area contributed by atoms with E-state index in [-0.39, 0.29) is 19.0 Å². The lowest BCUT2D eigenvalue weighted by atomic mass is 9.86. The highest BCUT2D eigenvalue weighted by molar-refractivity contribution is 6.58. The highest BCUT2D eigenvalue weighted by Crippen LogP contribution is 2.21. The summed E-state index contributed by atoms with van der Waals surface area (Å²) in [5.74, 6) is -0.344. The van der Waals surface area contributed by atoms with Crippen LogP contribution in [0.25, 0.3) is 0 Å². The van der Waals surface area contributed by atoms with Crippen LogP contribution < -0.4 is 5.32 Å². The number of amides is 1. The van der Waals surface area contributed by atoms with Crippen LogP contribution in [0.2, 0.25) is 0 Å². The van der Waals surface area contributed by atoms with E-state index in [0.29, 0.717) is 0 Å². The molecule has 14 heavy (non-hydrogen) atoms. The van der Waals surface area contributed by atoms with E-state index in [1.807, 2.05) is 0 Å². The van der Waals surface area contributed by atoms with Crippen LogP contribution in [0, 0.1) is 0 Å². The zero-order valence-electron chi connectivity index (χ0n) is 8.19. The summed E-state index contributed by atoms with van der Waals surface area (Å²) in [7, 11) is 0. The number of carbonyl (C=O) groups is 1. The van der Waals surface area contributed by atoms with Gasteiger partial charge < -0.3 is 23.2 Å². The van der Waals surface area contributed by atoms with Gasteiger partial charge in [-0.05, 0) is 20.3 Å². The van der Waals surface area contributed by atoms with Crippen LogP contribution in [0.3, 0.4) is 0 Å². The first-order valence-corrected chi connectivity index (χ1v) is 4.48. The molecule has 0 atom stereocenters. The second-order valence-electron chi connectivity index (χ2n) is 3.97. The Morgan fingerprint density at radius 1 is 1.50 bits per heavy atom. The maximum absolute atomic E-state index is 12.2. The van der Waals surface area contributed by atoms with Gasteiger partial charge in [0, 0.05) is 13.1 Å². The molecular formula is C7H13BF3N2O-. The van der Waals surface area contributed by atoms with Crippen LogP contribution in [0.1, 0.15) is 13.8 Å². The molecule has 0 bridgehead atoms. The Labute approximate surface area is 80.7 Å². The third-order valence-electron chi connectivity index (χ3n) is 2.44. The molecule has 0 unspecified atom stereocenters. The molecule has 1 rings (SSSR count). The lowest BCUT2D eigenvalue weighted by Gasteiger charge is -2.43. The minimum atomic E-state index is -4.87. The predicted octanol–water partition coefficient (Wildman–Crippen LogP) is 0.583. The topological polar surface area (TPSA) is 32.3 Å². The smallest absolute Gasteiger partial charge is 0.448 e. The molecule has 1 fully saturated rings. The molecule has 1 heterocycles. The molecule has 0 aromatic rings. The highest BCUT2D eigenvalue weighted by Gasteiger charge is 2.40. The van der Waals surface area contributed by atoms with Crippen molar-refractivity contribution < 1.29 is 17.7 Å². The average Bonchev–Trinajstić information content (AvgIpc) is 1.97. The number of halogens is 3. The maximum Gasteiger partial charge on any atom is 0.492 e. The minimum Gasteiger partial charge on any atom is -0.448 e. The van der Waals surface area contributed by atoms with Gasteiger partial charge in [0.25, 0.3) is 0 Å². The molecular weight excluding hydrogens is 196 g/mol. The van der Waals surface area contributed by atoms with E-state index in [2.05, 4.69) is 5.32 Å². The maximum atomic E-state index is 12.2. The van der Waals surface area contributed by atoms with Gasteiger partial charge in [-0.25, -0.2) is 0 Å². The third-order valence-corrected chi connectivity index (χ3v) is 2.44. The van der Waals surface area contributed by atoms with E-state index >= 15 is 0 Å². The number of carbonyl (C=O) groups excluding carboxylic acids is 1. The van der Waals surface area contributed by atoms with Crippen molar-refractivity contribution in [2.45, 2.75) is 19.4 Å². The largest absolute Gasteiger partial charge is 0.492 e. The molecule has 0 aromatic carbocycles. The predicted molar refractivity (Wildman–Crippen MR) is 47.7 cm³/mol. The fraction of sp³-hybridized carbons (Fsp3) is 0.857.